The number of hydrogen-bond acceptors (Lipinski definition) is 4. The number of urea groups is 1. The number of carbonyl (C=O) groups excluding carboxylic acids is 1. The topological polar surface area (TPSA) is 85.6 Å². The maximum absolute atomic E-state index is 12.3. The van der Waals surface area contributed by atoms with E-state index in [0.717, 1.165) is 12.8 Å². The first-order valence-electron chi connectivity index (χ1n) is 8.61. The lowest BCUT2D eigenvalue weighted by Crippen LogP contribution is -2.37. The summed E-state index contributed by atoms with van der Waals surface area (Å²) in [6, 6.07) is 15.8. The molecule has 0 aliphatic carbocycles. The van der Waals surface area contributed by atoms with Gasteiger partial charge in [-0.3, -0.25) is 0 Å². The van der Waals surface area contributed by atoms with Crippen molar-refractivity contribution < 1.29 is 14.6 Å². The monoisotopic (exact) mass is 353 g/mol. The molecule has 0 aliphatic heterocycles. The number of hydrogen-bond donors (Lipinski definition) is 2. The summed E-state index contributed by atoms with van der Waals surface area (Å²) in [5.41, 5.74) is 1.09. The smallest absolute Gasteiger partial charge is 0.321 e. The molecule has 26 heavy (non-hydrogen) atoms. The Bertz CT molecular complexity index is 754. The average Bonchev–Trinajstić information content (AvgIpc) is 2.67. The number of unbranched alkanes of at least 4 members (excludes halogenated alkanes) is 1. The molecule has 0 aromatic heterocycles. The fourth-order valence-electron chi connectivity index (χ4n) is 2.37. The van der Waals surface area contributed by atoms with Gasteiger partial charge in [0.2, 0.25) is 0 Å². The van der Waals surface area contributed by atoms with Crippen LogP contribution in [0.4, 0.5) is 10.5 Å². The summed E-state index contributed by atoms with van der Waals surface area (Å²) in [5.74, 6) is 1.06. The third kappa shape index (κ3) is 5.50. The van der Waals surface area contributed by atoms with Crippen molar-refractivity contribution in [2.45, 2.75) is 19.8 Å². The number of aliphatic hydroxyl groups excluding tert-OH is 1. The second-order valence-electron chi connectivity index (χ2n) is 5.73. The lowest BCUT2D eigenvalue weighted by Gasteiger charge is -2.22. The van der Waals surface area contributed by atoms with E-state index in [0.29, 0.717) is 35.8 Å². The number of carbonyl (C=O) groups is 1. The molecule has 2 amide bonds. The van der Waals surface area contributed by atoms with Crippen LogP contribution >= 0.6 is 0 Å². The first-order chi connectivity index (χ1) is 12.7. The van der Waals surface area contributed by atoms with Gasteiger partial charge in [-0.15, -0.1) is 0 Å². The molecule has 6 heteroatoms. The second kappa shape index (κ2) is 10.1. The molecule has 2 N–H and O–H groups in total. The van der Waals surface area contributed by atoms with Crippen LogP contribution in [-0.4, -0.2) is 35.7 Å². The highest BCUT2D eigenvalue weighted by atomic mass is 16.5. The van der Waals surface area contributed by atoms with Crippen molar-refractivity contribution in [3.8, 4) is 17.6 Å². The van der Waals surface area contributed by atoms with Crippen molar-refractivity contribution >= 4 is 11.7 Å². The number of aliphatic hydroxyl groups is 1. The number of ether oxygens (including phenoxy) is 1. The molecular weight excluding hydrogens is 330 g/mol. The lowest BCUT2D eigenvalue weighted by molar-refractivity contribution is 0.187. The van der Waals surface area contributed by atoms with Gasteiger partial charge in [-0.1, -0.05) is 25.5 Å². The van der Waals surface area contributed by atoms with Crippen molar-refractivity contribution in [3.05, 3.63) is 54.1 Å². The molecule has 0 heterocycles. The Morgan fingerprint density at radius 2 is 1.92 bits per heavy atom. The van der Waals surface area contributed by atoms with Gasteiger partial charge in [0, 0.05) is 18.8 Å². The number of amides is 2. The fourth-order valence-corrected chi connectivity index (χ4v) is 2.37. The molecule has 0 fully saturated rings. The maximum Gasteiger partial charge on any atom is 0.321 e. The molecule has 0 aliphatic rings. The van der Waals surface area contributed by atoms with Gasteiger partial charge in [-0.2, -0.15) is 5.26 Å². The Hall–Kier alpha value is -3.04. The van der Waals surface area contributed by atoms with Crippen molar-refractivity contribution in [1.29, 1.82) is 5.26 Å². The molecule has 0 saturated carbocycles. The van der Waals surface area contributed by atoms with E-state index in [1.54, 1.807) is 53.4 Å². The number of anilines is 1. The second-order valence-corrected chi connectivity index (χ2v) is 5.73. The minimum Gasteiger partial charge on any atom is -0.456 e. The highest BCUT2D eigenvalue weighted by molar-refractivity contribution is 5.89. The van der Waals surface area contributed by atoms with Crippen LogP contribution < -0.4 is 10.1 Å². The standard InChI is InChI=1S/C20H23N3O3/c1-2-3-12-23(13-14-24)20(25)22-17-8-10-18(11-9-17)26-19-7-5-4-6-16(19)15-21/h4-11,24H,2-3,12-14H2,1H3,(H,22,25). The van der Waals surface area contributed by atoms with Crippen LogP contribution in [0.25, 0.3) is 0 Å². The number of nitrogens with one attached hydrogen (secondary N) is 1. The highest BCUT2D eigenvalue weighted by Gasteiger charge is 2.12. The van der Waals surface area contributed by atoms with Crippen LogP contribution in [0.3, 0.4) is 0 Å². The number of nitrogens with zero attached hydrogens (tertiary/aromatic N) is 2. The third-order valence-corrected chi connectivity index (χ3v) is 3.78. The maximum atomic E-state index is 12.3. The normalized spacial score (nSPS) is 10.0. The quantitative estimate of drug-likeness (QED) is 0.752. The Labute approximate surface area is 153 Å². The largest absolute Gasteiger partial charge is 0.456 e. The van der Waals surface area contributed by atoms with Gasteiger partial charge in [0.15, 0.2) is 0 Å². The van der Waals surface area contributed by atoms with E-state index in [-0.39, 0.29) is 12.6 Å². The van der Waals surface area contributed by atoms with Crippen LogP contribution in [0.15, 0.2) is 48.5 Å². The molecule has 0 unspecified atom stereocenters. The highest BCUT2D eigenvalue weighted by Crippen LogP contribution is 2.25. The van der Waals surface area contributed by atoms with Gasteiger partial charge in [-0.05, 0) is 42.8 Å². The number of rotatable bonds is 8. The van der Waals surface area contributed by atoms with Gasteiger partial charge in [0.05, 0.1) is 12.2 Å². The van der Waals surface area contributed by atoms with Crippen LogP contribution in [-0.2, 0) is 0 Å². The molecule has 2 aromatic rings. The predicted octanol–water partition coefficient (Wildman–Crippen LogP) is 3.98. The predicted molar refractivity (Wildman–Crippen MR) is 100 cm³/mol. The molecule has 0 radical (unpaired) electrons. The van der Waals surface area contributed by atoms with E-state index in [9.17, 15) is 4.79 Å². The lowest BCUT2D eigenvalue weighted by atomic mass is 10.2. The Kier molecular flexibility index (Phi) is 7.47. The Balaban J connectivity index is 2.00. The number of para-hydroxylation sites is 1. The summed E-state index contributed by atoms with van der Waals surface area (Å²) < 4.78 is 5.72. The Morgan fingerprint density at radius 3 is 2.58 bits per heavy atom. The van der Waals surface area contributed by atoms with Crippen molar-refractivity contribution in [2.75, 3.05) is 25.0 Å². The van der Waals surface area contributed by atoms with Gasteiger partial charge >= 0.3 is 6.03 Å². The zero-order chi connectivity index (χ0) is 18.8. The molecule has 6 nitrogen and oxygen atoms in total. The molecule has 0 saturated heterocycles. The van der Waals surface area contributed by atoms with Crippen molar-refractivity contribution in [1.82, 2.24) is 4.90 Å². The molecular formula is C20H23N3O3. The third-order valence-electron chi connectivity index (χ3n) is 3.78. The zero-order valence-corrected chi connectivity index (χ0v) is 14.8. The first-order valence-corrected chi connectivity index (χ1v) is 8.61. The van der Waals surface area contributed by atoms with E-state index in [1.807, 2.05) is 0 Å². The molecule has 2 rings (SSSR count). The molecule has 0 bridgehead atoms. The number of nitriles is 1. The van der Waals surface area contributed by atoms with Crippen LogP contribution in [0, 0.1) is 11.3 Å². The van der Waals surface area contributed by atoms with E-state index in [1.165, 1.54) is 0 Å². The molecule has 136 valence electrons. The van der Waals surface area contributed by atoms with Gasteiger partial charge in [-0.25, -0.2) is 4.79 Å². The minimum atomic E-state index is -0.240. The molecule has 0 spiro atoms. The molecule has 2 aromatic carbocycles. The Morgan fingerprint density at radius 1 is 1.19 bits per heavy atom. The van der Waals surface area contributed by atoms with Gasteiger partial charge in [0.25, 0.3) is 0 Å². The summed E-state index contributed by atoms with van der Waals surface area (Å²) in [6.45, 7) is 2.90. The van der Waals surface area contributed by atoms with E-state index < -0.39 is 0 Å². The SMILES string of the molecule is CCCCN(CCO)C(=O)Nc1ccc(Oc2ccccc2C#N)cc1. The average molecular weight is 353 g/mol. The van der Waals surface area contributed by atoms with Crippen molar-refractivity contribution in [3.63, 3.8) is 0 Å². The van der Waals surface area contributed by atoms with Crippen molar-refractivity contribution in [2.24, 2.45) is 0 Å². The van der Waals surface area contributed by atoms with E-state index in [2.05, 4.69) is 18.3 Å². The summed E-state index contributed by atoms with van der Waals surface area (Å²) in [7, 11) is 0. The fraction of sp³-hybridized carbons (Fsp3) is 0.300. The minimum absolute atomic E-state index is 0.0672. The summed E-state index contributed by atoms with van der Waals surface area (Å²) in [6.07, 6.45) is 1.86. The summed E-state index contributed by atoms with van der Waals surface area (Å²) >= 11 is 0. The van der Waals surface area contributed by atoms with Gasteiger partial charge < -0.3 is 20.1 Å². The first kappa shape index (κ1) is 19.3. The summed E-state index contributed by atoms with van der Waals surface area (Å²) in [5, 5.41) is 21.0. The van der Waals surface area contributed by atoms with Crippen LogP contribution in [0.1, 0.15) is 25.3 Å². The van der Waals surface area contributed by atoms with Crippen LogP contribution in [0.2, 0.25) is 0 Å². The van der Waals surface area contributed by atoms with E-state index in [4.69, 9.17) is 15.1 Å². The van der Waals surface area contributed by atoms with Gasteiger partial charge in [0.1, 0.15) is 17.6 Å². The van der Waals surface area contributed by atoms with E-state index >= 15 is 0 Å². The zero-order valence-electron chi connectivity index (χ0n) is 14.8. The number of benzene rings is 2. The van der Waals surface area contributed by atoms with Crippen LogP contribution in [0.5, 0.6) is 11.5 Å². The summed E-state index contributed by atoms with van der Waals surface area (Å²) in [4.78, 5) is 13.9. The molecule has 0 atom stereocenters.